The predicted molar refractivity (Wildman–Crippen MR) is 63.7 cm³/mol. The lowest BCUT2D eigenvalue weighted by Gasteiger charge is -2.32. The van der Waals surface area contributed by atoms with Crippen LogP contribution in [-0.2, 0) is 4.79 Å². The maximum atomic E-state index is 12.3. The quantitative estimate of drug-likeness (QED) is 0.721. The van der Waals surface area contributed by atoms with Crippen molar-refractivity contribution < 1.29 is 4.79 Å². The average molecular weight is 222 g/mol. The molecule has 0 aromatic heterocycles. The van der Waals surface area contributed by atoms with E-state index in [1.807, 2.05) is 11.8 Å². The Labute approximate surface area is 98.4 Å². The van der Waals surface area contributed by atoms with Crippen LogP contribution < -0.4 is 0 Å². The van der Waals surface area contributed by atoms with Crippen LogP contribution in [0.4, 0.5) is 0 Å². The first kappa shape index (κ1) is 13.0. The molecule has 0 aromatic rings. The number of carbonyl (C=O) groups is 1. The van der Waals surface area contributed by atoms with Gasteiger partial charge in [0.2, 0.25) is 5.91 Å². The van der Waals surface area contributed by atoms with Crippen molar-refractivity contribution in [2.75, 3.05) is 6.54 Å². The molecule has 2 atom stereocenters. The zero-order valence-electron chi connectivity index (χ0n) is 10.6. The molecule has 3 nitrogen and oxygen atoms in total. The minimum absolute atomic E-state index is 0.0203. The second kappa shape index (κ2) is 5.34. The molecule has 3 heteroatoms. The summed E-state index contributed by atoms with van der Waals surface area (Å²) in [5, 5.41) is 9.15. The maximum Gasteiger partial charge on any atom is 0.242 e. The second-order valence-electron chi connectivity index (χ2n) is 4.99. The second-order valence-corrected chi connectivity index (χ2v) is 4.99. The molecule has 1 heterocycles. The summed E-state index contributed by atoms with van der Waals surface area (Å²) in [4.78, 5) is 14.3. The van der Waals surface area contributed by atoms with Crippen LogP contribution >= 0.6 is 0 Å². The molecule has 1 saturated heterocycles. The van der Waals surface area contributed by atoms with Crippen LogP contribution in [0.1, 0.15) is 52.9 Å². The molecule has 0 bridgehead atoms. The van der Waals surface area contributed by atoms with E-state index in [0.29, 0.717) is 6.42 Å². The zero-order chi connectivity index (χ0) is 12.2. The number of rotatable bonds is 2. The van der Waals surface area contributed by atoms with Crippen molar-refractivity contribution in [3.05, 3.63) is 0 Å². The Morgan fingerprint density at radius 3 is 2.75 bits per heavy atom. The third-order valence-corrected chi connectivity index (χ3v) is 3.74. The molecule has 0 saturated carbocycles. The Morgan fingerprint density at radius 2 is 2.19 bits per heavy atom. The Balaban J connectivity index is 2.82. The molecule has 0 spiro atoms. The smallest absolute Gasteiger partial charge is 0.242 e. The highest BCUT2D eigenvalue weighted by Gasteiger charge is 2.37. The van der Waals surface area contributed by atoms with Crippen molar-refractivity contribution >= 4 is 5.91 Å². The normalized spacial score (nSPS) is 25.4. The Morgan fingerprint density at radius 1 is 1.50 bits per heavy atom. The van der Waals surface area contributed by atoms with Crippen molar-refractivity contribution in [1.82, 2.24) is 4.90 Å². The van der Waals surface area contributed by atoms with Crippen LogP contribution in [-0.4, -0.2) is 23.4 Å². The van der Waals surface area contributed by atoms with Gasteiger partial charge >= 0.3 is 0 Å². The minimum atomic E-state index is -0.835. The van der Waals surface area contributed by atoms with E-state index in [0.717, 1.165) is 19.4 Å². The molecular weight excluding hydrogens is 200 g/mol. The Hall–Kier alpha value is -1.04. The van der Waals surface area contributed by atoms with Crippen LogP contribution in [0.3, 0.4) is 0 Å². The van der Waals surface area contributed by atoms with Crippen LogP contribution in [0.15, 0.2) is 0 Å². The number of amides is 1. The number of nitriles is 1. The van der Waals surface area contributed by atoms with E-state index in [1.54, 1.807) is 6.92 Å². The van der Waals surface area contributed by atoms with Gasteiger partial charge in [0, 0.05) is 12.6 Å². The molecule has 1 fully saturated rings. The highest BCUT2D eigenvalue weighted by atomic mass is 16.2. The van der Waals surface area contributed by atoms with E-state index in [2.05, 4.69) is 13.0 Å². The summed E-state index contributed by atoms with van der Waals surface area (Å²) in [6.45, 7) is 6.57. The van der Waals surface area contributed by atoms with Gasteiger partial charge in [0.1, 0.15) is 5.41 Å². The summed E-state index contributed by atoms with van der Waals surface area (Å²) in [6.07, 6.45) is 5.12. The summed E-state index contributed by atoms with van der Waals surface area (Å²) in [5.41, 5.74) is -0.835. The van der Waals surface area contributed by atoms with Crippen LogP contribution in [0.2, 0.25) is 0 Å². The van der Waals surface area contributed by atoms with Crippen LogP contribution in [0, 0.1) is 16.7 Å². The summed E-state index contributed by atoms with van der Waals surface area (Å²) in [6, 6.07) is 2.46. The molecule has 1 aliphatic rings. The first-order valence-electron chi connectivity index (χ1n) is 6.27. The number of hydrogen-bond acceptors (Lipinski definition) is 2. The summed E-state index contributed by atoms with van der Waals surface area (Å²) < 4.78 is 0. The number of hydrogen-bond donors (Lipinski definition) is 0. The van der Waals surface area contributed by atoms with E-state index in [4.69, 9.17) is 5.26 Å². The highest BCUT2D eigenvalue weighted by molar-refractivity contribution is 5.85. The van der Waals surface area contributed by atoms with Gasteiger partial charge in [-0.25, -0.2) is 0 Å². The van der Waals surface area contributed by atoms with Crippen LogP contribution in [0.5, 0.6) is 0 Å². The van der Waals surface area contributed by atoms with Crippen LogP contribution in [0.25, 0.3) is 0 Å². The number of carbonyl (C=O) groups excluding carboxylic acids is 1. The maximum absolute atomic E-state index is 12.3. The molecule has 16 heavy (non-hydrogen) atoms. The van der Waals surface area contributed by atoms with E-state index < -0.39 is 5.41 Å². The minimum Gasteiger partial charge on any atom is -0.339 e. The number of nitrogens with zero attached hydrogens (tertiary/aromatic N) is 2. The van der Waals surface area contributed by atoms with Crippen molar-refractivity contribution in [3.63, 3.8) is 0 Å². The standard InChI is InChI=1S/C13H22N2O/c1-4-13(3,10-14)12(16)15-9-7-5-6-8-11(15)2/h11H,4-9H2,1-3H3. The monoisotopic (exact) mass is 222 g/mol. The van der Waals surface area contributed by atoms with E-state index in [9.17, 15) is 4.79 Å². The molecule has 1 amide bonds. The Bertz CT molecular complexity index is 295. The molecule has 90 valence electrons. The van der Waals surface area contributed by atoms with Gasteiger partial charge in [-0.05, 0) is 33.1 Å². The molecule has 2 unspecified atom stereocenters. The van der Waals surface area contributed by atoms with Gasteiger partial charge in [-0.15, -0.1) is 0 Å². The fraction of sp³-hybridized carbons (Fsp3) is 0.846. The van der Waals surface area contributed by atoms with Gasteiger partial charge < -0.3 is 4.90 Å². The third-order valence-electron chi connectivity index (χ3n) is 3.74. The molecule has 0 aromatic carbocycles. The van der Waals surface area contributed by atoms with Gasteiger partial charge in [-0.3, -0.25) is 4.79 Å². The lowest BCUT2D eigenvalue weighted by Crippen LogP contribution is -2.46. The first-order valence-corrected chi connectivity index (χ1v) is 6.27. The molecule has 0 aliphatic carbocycles. The summed E-state index contributed by atoms with van der Waals surface area (Å²) in [7, 11) is 0. The molecule has 1 aliphatic heterocycles. The van der Waals surface area contributed by atoms with Gasteiger partial charge in [0.15, 0.2) is 0 Å². The summed E-state index contributed by atoms with van der Waals surface area (Å²) in [5.74, 6) is 0.0203. The van der Waals surface area contributed by atoms with E-state index in [-0.39, 0.29) is 11.9 Å². The van der Waals surface area contributed by atoms with Crippen molar-refractivity contribution in [3.8, 4) is 6.07 Å². The topological polar surface area (TPSA) is 44.1 Å². The fourth-order valence-electron chi connectivity index (χ4n) is 2.17. The lowest BCUT2D eigenvalue weighted by molar-refractivity contribution is -0.140. The van der Waals surface area contributed by atoms with E-state index >= 15 is 0 Å². The first-order chi connectivity index (χ1) is 7.55. The largest absolute Gasteiger partial charge is 0.339 e. The predicted octanol–water partition coefficient (Wildman–Crippen LogP) is 2.72. The number of likely N-dealkylation sites (tertiary alicyclic amines) is 1. The SMILES string of the molecule is CCC(C)(C#N)C(=O)N1CCCCCC1C. The van der Waals surface area contributed by atoms with Gasteiger partial charge in [0.05, 0.1) is 6.07 Å². The van der Waals surface area contributed by atoms with Gasteiger partial charge in [-0.1, -0.05) is 19.8 Å². The summed E-state index contributed by atoms with van der Waals surface area (Å²) >= 11 is 0. The highest BCUT2D eigenvalue weighted by Crippen LogP contribution is 2.27. The molecular formula is C13H22N2O. The van der Waals surface area contributed by atoms with Crippen molar-refractivity contribution in [1.29, 1.82) is 5.26 Å². The average Bonchev–Trinajstić information content (AvgIpc) is 2.52. The van der Waals surface area contributed by atoms with Gasteiger partial charge in [0.25, 0.3) is 0 Å². The third kappa shape index (κ3) is 2.55. The van der Waals surface area contributed by atoms with Gasteiger partial charge in [-0.2, -0.15) is 5.26 Å². The van der Waals surface area contributed by atoms with Crippen molar-refractivity contribution in [2.24, 2.45) is 5.41 Å². The lowest BCUT2D eigenvalue weighted by atomic mass is 9.87. The van der Waals surface area contributed by atoms with E-state index in [1.165, 1.54) is 12.8 Å². The fourth-order valence-corrected chi connectivity index (χ4v) is 2.17. The molecule has 0 radical (unpaired) electrons. The zero-order valence-corrected chi connectivity index (χ0v) is 10.6. The van der Waals surface area contributed by atoms with Crippen molar-refractivity contribution in [2.45, 2.75) is 58.9 Å². The molecule has 1 rings (SSSR count). The Kier molecular flexibility index (Phi) is 4.35. The molecule has 0 N–H and O–H groups in total.